The largest absolute Gasteiger partial charge is 0.505 e. The van der Waals surface area contributed by atoms with Crippen LogP contribution in [0.1, 0.15) is 80.7 Å². The van der Waals surface area contributed by atoms with Crippen LogP contribution in [-0.2, 0) is 15.0 Å². The van der Waals surface area contributed by atoms with Gasteiger partial charge in [0.1, 0.15) is 40.1 Å². The Morgan fingerprint density at radius 1 is 0.859 bits per heavy atom. The Balaban J connectivity index is 1.19. The Morgan fingerprint density at radius 2 is 1.48 bits per heavy atom. The molecule has 1 saturated carbocycles. The van der Waals surface area contributed by atoms with Crippen LogP contribution in [0.25, 0.3) is 32.9 Å². The van der Waals surface area contributed by atoms with Crippen molar-refractivity contribution in [1.82, 2.24) is 24.6 Å². The summed E-state index contributed by atoms with van der Waals surface area (Å²) in [5.74, 6) is 0.243. The number of fused-ring (bicyclic) bond motifs is 4. The lowest BCUT2D eigenvalue weighted by Gasteiger charge is -2.36. The molecule has 11 nitrogen and oxygen atoms in total. The monoisotopic (exact) mass is 860 g/mol. The van der Waals surface area contributed by atoms with Crippen LogP contribution in [-0.4, -0.2) is 86.4 Å². The van der Waals surface area contributed by atoms with E-state index in [4.69, 9.17) is 29.3 Å². The van der Waals surface area contributed by atoms with Crippen molar-refractivity contribution in [1.29, 1.82) is 0 Å². The number of methoxy groups -OCH3 is 1. The highest BCUT2D eigenvalue weighted by Crippen LogP contribution is 2.54. The molecule has 1 N–H and O–H groups in total. The molecular weight excluding hydrogens is 808 g/mol. The van der Waals surface area contributed by atoms with Crippen LogP contribution in [0.5, 0.6) is 11.8 Å². The van der Waals surface area contributed by atoms with Crippen LogP contribution < -0.4 is 9.64 Å². The molecule has 1 amide bonds. The van der Waals surface area contributed by atoms with Crippen LogP contribution >= 0.6 is 0 Å². The third-order valence-electron chi connectivity index (χ3n) is 13.0. The number of amides is 1. The van der Waals surface area contributed by atoms with Crippen molar-refractivity contribution in [3.8, 4) is 22.9 Å². The molecule has 0 unspecified atom stereocenters. The van der Waals surface area contributed by atoms with Gasteiger partial charge in [0.05, 0.1) is 24.2 Å². The van der Waals surface area contributed by atoms with Gasteiger partial charge in [0.15, 0.2) is 0 Å². The first-order valence-electron chi connectivity index (χ1n) is 22.2. The highest BCUT2D eigenvalue weighted by Gasteiger charge is 2.48. The number of aromatic hydroxyl groups is 1. The van der Waals surface area contributed by atoms with Gasteiger partial charge < -0.3 is 29.1 Å². The molecule has 12 heteroatoms. The van der Waals surface area contributed by atoms with Crippen LogP contribution in [0.4, 0.5) is 15.0 Å². The number of nitrogens with zero attached hydrogens (tertiary/aromatic N) is 6. The van der Waals surface area contributed by atoms with E-state index < -0.39 is 23.1 Å². The average molecular weight is 861 g/mol. The fourth-order valence-electron chi connectivity index (χ4n) is 10.1. The first-order valence-corrected chi connectivity index (χ1v) is 22.2. The molecule has 10 rings (SSSR count). The van der Waals surface area contributed by atoms with Gasteiger partial charge in [-0.15, -0.1) is 0 Å². The van der Waals surface area contributed by atoms with Crippen molar-refractivity contribution < 1.29 is 28.5 Å². The summed E-state index contributed by atoms with van der Waals surface area (Å²) in [6.45, 7) is 10.6. The number of hydrogen-bond acceptors (Lipinski definition) is 9. The molecule has 1 aliphatic carbocycles. The number of piperazine rings is 1. The molecule has 2 aromatic heterocycles. The molecule has 4 heterocycles. The molecule has 64 heavy (non-hydrogen) atoms. The lowest BCUT2D eigenvalue weighted by molar-refractivity contribution is 0.0214. The number of ether oxygens (including phenoxy) is 3. The van der Waals surface area contributed by atoms with Crippen molar-refractivity contribution in [2.75, 3.05) is 31.7 Å². The number of benzene rings is 5. The maximum absolute atomic E-state index is 16.6. The van der Waals surface area contributed by atoms with E-state index in [1.54, 1.807) is 14.0 Å². The zero-order valence-corrected chi connectivity index (χ0v) is 37.1. The van der Waals surface area contributed by atoms with E-state index in [1.165, 1.54) is 6.07 Å². The van der Waals surface area contributed by atoms with E-state index in [-0.39, 0.29) is 35.9 Å². The molecule has 2 bridgehead atoms. The van der Waals surface area contributed by atoms with Crippen molar-refractivity contribution >= 4 is 33.7 Å². The van der Waals surface area contributed by atoms with Gasteiger partial charge in [-0.1, -0.05) is 91.0 Å². The van der Waals surface area contributed by atoms with Crippen LogP contribution in [0.3, 0.4) is 0 Å². The minimum Gasteiger partial charge on any atom is -0.505 e. The Morgan fingerprint density at radius 3 is 2.03 bits per heavy atom. The molecule has 3 fully saturated rings. The van der Waals surface area contributed by atoms with Gasteiger partial charge in [0, 0.05) is 54.4 Å². The summed E-state index contributed by atoms with van der Waals surface area (Å²) in [6.07, 6.45) is 3.88. The molecule has 0 radical (unpaired) electrons. The van der Waals surface area contributed by atoms with Crippen LogP contribution in [0.15, 0.2) is 109 Å². The Kier molecular flexibility index (Phi) is 10.3. The van der Waals surface area contributed by atoms with E-state index in [1.807, 2.05) is 98.1 Å². The third-order valence-corrected chi connectivity index (χ3v) is 13.0. The maximum Gasteiger partial charge on any atom is 0.410 e. The lowest BCUT2D eigenvalue weighted by atomic mass is 9.77. The minimum atomic E-state index is -0.948. The summed E-state index contributed by atoms with van der Waals surface area (Å²) in [5, 5.41) is 19.5. The Hall–Kier alpha value is -6.53. The van der Waals surface area contributed by atoms with Gasteiger partial charge in [0.2, 0.25) is 0 Å². The van der Waals surface area contributed by atoms with Crippen LogP contribution in [0, 0.1) is 12.7 Å². The molecule has 2 saturated heterocycles. The molecule has 3 atom stereocenters. The summed E-state index contributed by atoms with van der Waals surface area (Å²) in [7, 11) is 1.61. The molecular formula is C52H53FN6O5. The number of phenolic OH excluding ortho intramolecular Hbond substituents is 1. The second-order valence-electron chi connectivity index (χ2n) is 18.6. The smallest absolute Gasteiger partial charge is 0.410 e. The van der Waals surface area contributed by atoms with Crippen molar-refractivity contribution in [2.45, 2.75) is 89.1 Å². The lowest BCUT2D eigenvalue weighted by Crippen LogP contribution is -2.50. The zero-order valence-electron chi connectivity index (χ0n) is 37.1. The topological polar surface area (TPSA) is 115 Å². The molecule has 0 spiro atoms. The van der Waals surface area contributed by atoms with E-state index >= 15 is 4.39 Å². The molecule has 328 valence electrons. The number of rotatable bonds is 11. The van der Waals surface area contributed by atoms with Gasteiger partial charge in [-0.25, -0.2) is 9.18 Å². The van der Waals surface area contributed by atoms with Gasteiger partial charge in [-0.2, -0.15) is 15.1 Å². The number of aromatic nitrogens is 4. The van der Waals surface area contributed by atoms with Gasteiger partial charge >= 0.3 is 12.1 Å². The fraction of sp³-hybridized carbons (Fsp3) is 0.346. The highest BCUT2D eigenvalue weighted by atomic mass is 19.1. The summed E-state index contributed by atoms with van der Waals surface area (Å²) >= 11 is 0. The molecule has 7 aromatic rings. The predicted molar refractivity (Wildman–Crippen MR) is 246 cm³/mol. The summed E-state index contributed by atoms with van der Waals surface area (Å²) in [6, 6.07) is 34.3. The van der Waals surface area contributed by atoms with Gasteiger partial charge in [-0.3, -0.25) is 4.68 Å². The standard InChI is InChI=1S/C52H53FN6O5/c1-31(30-62-6)63-49-54-46-40(48(55-49)57-27-38-24-37(57)28-58(38)50(61)64-51(3,4)5)25-39(33-22-23-33)45(47(46)60)44-32(2)42(53)26-43-41(44)29-59(56-43)52(34-16-10-7-11-17-34,35-18-12-8-13-19-35)36-20-14-9-15-21-36/h7-21,25-26,29,31,33,37-38,60H,22-24,27-28,30H2,1-6H3/t31-,37-,38-/m0/s1. The predicted octanol–water partition coefficient (Wildman–Crippen LogP) is 10.1. The number of phenols is 1. The third kappa shape index (κ3) is 7.08. The Bertz CT molecular complexity index is 2780. The van der Waals surface area contributed by atoms with E-state index in [0.29, 0.717) is 64.0 Å². The van der Waals surface area contributed by atoms with E-state index in [9.17, 15) is 9.90 Å². The van der Waals surface area contributed by atoms with Gasteiger partial charge in [0.25, 0.3) is 0 Å². The number of likely N-dealkylation sites (tertiary alicyclic amines) is 1. The minimum absolute atomic E-state index is 0.0406. The SMILES string of the molecule is COC[C@H](C)Oc1nc(N2C[C@@H]3C[C@H]2CN3C(=O)OC(C)(C)C)c2cc(C3CC3)c(-c3c(C)c(F)cc4nn(C(c5ccccc5)(c5ccccc5)c5ccccc5)cc34)c(O)c2n1. The quantitative estimate of drug-likeness (QED) is 0.127. The normalized spacial score (nSPS) is 18.0. The molecule has 5 aromatic carbocycles. The van der Waals surface area contributed by atoms with E-state index in [0.717, 1.165) is 41.5 Å². The summed E-state index contributed by atoms with van der Waals surface area (Å²) < 4.78 is 36.1. The number of anilines is 1. The van der Waals surface area contributed by atoms with Crippen LogP contribution in [0.2, 0.25) is 0 Å². The first kappa shape index (κ1) is 41.5. The first-order chi connectivity index (χ1) is 30.8. The second-order valence-corrected chi connectivity index (χ2v) is 18.6. The van der Waals surface area contributed by atoms with E-state index in [2.05, 4.69) is 47.4 Å². The van der Waals surface area contributed by atoms with Crippen molar-refractivity contribution in [3.63, 3.8) is 0 Å². The van der Waals surface area contributed by atoms with Crippen molar-refractivity contribution in [2.24, 2.45) is 0 Å². The zero-order chi connectivity index (χ0) is 44.5. The van der Waals surface area contributed by atoms with Crippen molar-refractivity contribution in [3.05, 3.63) is 143 Å². The second kappa shape index (κ2) is 15.9. The number of carbonyl (C=O) groups is 1. The maximum atomic E-state index is 16.6. The number of halogens is 1. The fourth-order valence-corrected chi connectivity index (χ4v) is 10.1. The summed E-state index contributed by atoms with van der Waals surface area (Å²) in [4.78, 5) is 27.2. The highest BCUT2D eigenvalue weighted by molar-refractivity contribution is 6.06. The summed E-state index contributed by atoms with van der Waals surface area (Å²) in [5.41, 5.74) is 4.53. The molecule has 2 aliphatic heterocycles. The number of hydrogen-bond donors (Lipinski definition) is 1. The Labute approximate surface area is 372 Å². The number of carbonyl (C=O) groups excluding carboxylic acids is 1. The van der Waals surface area contributed by atoms with Gasteiger partial charge in [-0.05, 0) is 93.7 Å². The molecule has 3 aliphatic rings. The average Bonchev–Trinajstić information content (AvgIpc) is 3.72.